The minimum atomic E-state index is -0.0630. The molecule has 1 aromatic carbocycles. The van der Waals surface area contributed by atoms with E-state index < -0.39 is 0 Å². The summed E-state index contributed by atoms with van der Waals surface area (Å²) >= 11 is 4.81. The molecule has 0 fully saturated rings. The highest BCUT2D eigenvalue weighted by molar-refractivity contribution is 7.99. The molecular formula is C20H19N5OS3. The summed E-state index contributed by atoms with van der Waals surface area (Å²) in [6.45, 7) is 0. The van der Waals surface area contributed by atoms with Gasteiger partial charge >= 0.3 is 0 Å². The van der Waals surface area contributed by atoms with Crippen molar-refractivity contribution in [1.82, 2.24) is 19.6 Å². The van der Waals surface area contributed by atoms with Crippen molar-refractivity contribution in [3.63, 3.8) is 0 Å². The minimum Gasteiger partial charge on any atom is -0.325 e. The Bertz CT molecular complexity index is 1220. The molecule has 0 saturated heterocycles. The highest BCUT2D eigenvalue weighted by Gasteiger charge is 2.21. The monoisotopic (exact) mass is 441 g/mol. The van der Waals surface area contributed by atoms with Gasteiger partial charge in [0.1, 0.15) is 11.2 Å². The van der Waals surface area contributed by atoms with Crippen molar-refractivity contribution in [1.29, 1.82) is 0 Å². The number of nitrogens with zero attached hydrogens (tertiary/aromatic N) is 4. The molecule has 0 aliphatic heterocycles. The Labute approximate surface area is 180 Å². The summed E-state index contributed by atoms with van der Waals surface area (Å²) in [5.41, 5.74) is 3.05. The number of carbonyl (C=O) groups excluding carboxylic acids is 1. The van der Waals surface area contributed by atoms with Gasteiger partial charge in [0.05, 0.1) is 11.1 Å². The third-order valence-corrected chi connectivity index (χ3v) is 7.89. The topological polar surface area (TPSA) is 72.2 Å². The van der Waals surface area contributed by atoms with Gasteiger partial charge in [-0.1, -0.05) is 17.8 Å². The Kier molecular flexibility index (Phi) is 5.19. The lowest BCUT2D eigenvalue weighted by molar-refractivity contribution is -0.113. The highest BCUT2D eigenvalue weighted by Crippen LogP contribution is 2.37. The Morgan fingerprint density at radius 3 is 3.07 bits per heavy atom. The lowest BCUT2D eigenvalue weighted by atomic mass is 9.97. The van der Waals surface area contributed by atoms with Crippen LogP contribution in [0.25, 0.3) is 15.9 Å². The summed E-state index contributed by atoms with van der Waals surface area (Å²) < 4.78 is 1.91. The predicted octanol–water partition coefficient (Wildman–Crippen LogP) is 4.67. The average Bonchev–Trinajstić information content (AvgIpc) is 3.33. The maximum absolute atomic E-state index is 12.4. The van der Waals surface area contributed by atoms with E-state index in [0.717, 1.165) is 39.3 Å². The van der Waals surface area contributed by atoms with E-state index in [1.165, 1.54) is 35.0 Å². The summed E-state index contributed by atoms with van der Waals surface area (Å²) in [6.07, 6.45) is 8.48. The normalized spacial score (nSPS) is 13.7. The average molecular weight is 442 g/mol. The second kappa shape index (κ2) is 7.97. The molecule has 0 bridgehead atoms. The molecule has 3 heterocycles. The SMILES string of the molecule is CSc1cccc(NC(=O)CSc2nnc3c4c5c(sc4ncn23)CCCC5)c1. The number of carbonyl (C=O) groups is 1. The van der Waals surface area contributed by atoms with Crippen LogP contribution >= 0.6 is 34.9 Å². The summed E-state index contributed by atoms with van der Waals surface area (Å²) in [7, 11) is 0. The third-order valence-electron chi connectivity index (χ3n) is 5.02. The first-order chi connectivity index (χ1) is 14.2. The van der Waals surface area contributed by atoms with Crippen LogP contribution in [-0.4, -0.2) is 37.5 Å². The molecule has 29 heavy (non-hydrogen) atoms. The molecule has 0 atom stereocenters. The lowest BCUT2D eigenvalue weighted by Crippen LogP contribution is -2.14. The number of thioether (sulfide) groups is 2. The number of hydrogen-bond acceptors (Lipinski definition) is 7. The van der Waals surface area contributed by atoms with Gasteiger partial charge in [-0.2, -0.15) is 0 Å². The van der Waals surface area contributed by atoms with Crippen LogP contribution in [0.4, 0.5) is 5.69 Å². The summed E-state index contributed by atoms with van der Waals surface area (Å²) in [5, 5.41) is 13.6. The Balaban J connectivity index is 1.36. The Morgan fingerprint density at radius 1 is 1.28 bits per heavy atom. The van der Waals surface area contributed by atoms with Gasteiger partial charge in [-0.3, -0.25) is 9.20 Å². The van der Waals surface area contributed by atoms with Crippen molar-refractivity contribution in [3.05, 3.63) is 41.0 Å². The van der Waals surface area contributed by atoms with E-state index in [2.05, 4.69) is 20.5 Å². The zero-order chi connectivity index (χ0) is 19.8. The number of thiophene rings is 1. The molecule has 0 unspecified atom stereocenters. The number of hydrogen-bond donors (Lipinski definition) is 1. The molecule has 148 valence electrons. The van der Waals surface area contributed by atoms with Crippen molar-refractivity contribution in [2.24, 2.45) is 0 Å². The van der Waals surface area contributed by atoms with E-state index in [9.17, 15) is 4.79 Å². The molecule has 9 heteroatoms. The van der Waals surface area contributed by atoms with Gasteiger partial charge in [-0.15, -0.1) is 33.3 Å². The molecule has 0 saturated carbocycles. The standard InChI is InChI=1S/C20H19N5OS3/c1-27-13-6-4-5-12(9-13)22-16(26)10-28-20-24-23-18-17-14-7-2-3-8-15(14)29-19(17)21-11-25(18)20/h4-6,9,11H,2-3,7-8,10H2,1H3,(H,22,26). The van der Waals surface area contributed by atoms with Crippen LogP contribution in [0.2, 0.25) is 0 Å². The van der Waals surface area contributed by atoms with Crippen molar-refractivity contribution in [3.8, 4) is 0 Å². The molecule has 1 aliphatic carbocycles. The number of nitrogens with one attached hydrogen (secondary N) is 1. The van der Waals surface area contributed by atoms with Gasteiger partial charge in [0.2, 0.25) is 5.91 Å². The fourth-order valence-electron chi connectivity index (χ4n) is 3.66. The second-order valence-corrected chi connectivity index (χ2v) is 9.79. The zero-order valence-electron chi connectivity index (χ0n) is 15.8. The molecule has 4 aromatic rings. The van der Waals surface area contributed by atoms with Crippen molar-refractivity contribution < 1.29 is 4.79 Å². The van der Waals surface area contributed by atoms with Crippen LogP contribution in [0.15, 0.2) is 40.6 Å². The Hall–Kier alpha value is -2.10. The molecular weight excluding hydrogens is 422 g/mol. The van der Waals surface area contributed by atoms with Gasteiger partial charge in [-0.05, 0) is 55.7 Å². The maximum Gasteiger partial charge on any atom is 0.234 e. The predicted molar refractivity (Wildman–Crippen MR) is 120 cm³/mol. The fraction of sp³-hybridized carbons (Fsp3) is 0.300. The summed E-state index contributed by atoms with van der Waals surface area (Å²) in [5.74, 6) is 0.205. The molecule has 1 aliphatic rings. The van der Waals surface area contributed by atoms with Crippen LogP contribution in [0.3, 0.4) is 0 Å². The number of benzene rings is 1. The number of aryl methyl sites for hydroxylation is 2. The number of aromatic nitrogens is 4. The van der Waals surface area contributed by atoms with Crippen molar-refractivity contribution >= 4 is 62.3 Å². The van der Waals surface area contributed by atoms with E-state index >= 15 is 0 Å². The van der Waals surface area contributed by atoms with Gasteiger partial charge in [-0.25, -0.2) is 4.98 Å². The van der Waals surface area contributed by atoms with Gasteiger partial charge in [0.25, 0.3) is 0 Å². The van der Waals surface area contributed by atoms with Crippen LogP contribution < -0.4 is 5.32 Å². The largest absolute Gasteiger partial charge is 0.325 e. The smallest absolute Gasteiger partial charge is 0.234 e. The lowest BCUT2D eigenvalue weighted by Gasteiger charge is -2.10. The van der Waals surface area contributed by atoms with Crippen LogP contribution in [0, 0.1) is 0 Å². The van der Waals surface area contributed by atoms with E-state index in [-0.39, 0.29) is 11.7 Å². The van der Waals surface area contributed by atoms with Crippen molar-refractivity contribution in [2.75, 3.05) is 17.3 Å². The fourth-order valence-corrected chi connectivity index (χ4v) is 6.05. The quantitative estimate of drug-likeness (QED) is 0.454. The third kappa shape index (κ3) is 3.62. The maximum atomic E-state index is 12.4. The number of fused-ring (bicyclic) bond motifs is 5. The minimum absolute atomic E-state index is 0.0630. The molecule has 0 spiro atoms. The Morgan fingerprint density at radius 2 is 2.17 bits per heavy atom. The number of rotatable bonds is 5. The molecule has 0 radical (unpaired) electrons. The molecule has 1 amide bonds. The summed E-state index contributed by atoms with van der Waals surface area (Å²) in [6, 6.07) is 7.84. The summed E-state index contributed by atoms with van der Waals surface area (Å²) in [4.78, 5) is 20.6. The van der Waals surface area contributed by atoms with E-state index in [0.29, 0.717) is 5.16 Å². The number of anilines is 1. The van der Waals surface area contributed by atoms with Gasteiger partial charge in [0.15, 0.2) is 10.8 Å². The van der Waals surface area contributed by atoms with Crippen LogP contribution in [0.5, 0.6) is 0 Å². The highest BCUT2D eigenvalue weighted by atomic mass is 32.2. The first-order valence-corrected chi connectivity index (χ1v) is 12.5. The second-order valence-electron chi connectivity index (χ2n) is 6.88. The first kappa shape index (κ1) is 18.9. The van der Waals surface area contributed by atoms with Crippen LogP contribution in [0.1, 0.15) is 23.3 Å². The first-order valence-electron chi connectivity index (χ1n) is 9.43. The van der Waals surface area contributed by atoms with Gasteiger partial charge < -0.3 is 5.32 Å². The van der Waals surface area contributed by atoms with E-state index in [1.807, 2.05) is 34.9 Å². The molecule has 5 rings (SSSR count). The van der Waals surface area contributed by atoms with Crippen molar-refractivity contribution in [2.45, 2.75) is 35.7 Å². The van der Waals surface area contributed by atoms with Crippen LogP contribution in [-0.2, 0) is 17.6 Å². The van der Waals surface area contributed by atoms with E-state index in [1.54, 1.807) is 29.4 Å². The molecule has 3 aromatic heterocycles. The zero-order valence-corrected chi connectivity index (χ0v) is 18.3. The van der Waals surface area contributed by atoms with Gasteiger partial charge in [0, 0.05) is 15.5 Å². The van der Waals surface area contributed by atoms with E-state index in [4.69, 9.17) is 0 Å². The number of amides is 1. The molecule has 6 nitrogen and oxygen atoms in total. The molecule has 1 N–H and O–H groups in total.